The van der Waals surface area contributed by atoms with Crippen LogP contribution >= 0.6 is 0 Å². The van der Waals surface area contributed by atoms with Crippen LogP contribution in [0.2, 0.25) is 0 Å². The highest BCUT2D eigenvalue weighted by atomic mass is 16.2. The van der Waals surface area contributed by atoms with Crippen molar-refractivity contribution >= 4 is 40.1 Å². The molecular weight excluding hydrogens is 446 g/mol. The molecule has 3 heterocycles. The van der Waals surface area contributed by atoms with Crippen LogP contribution in [0.1, 0.15) is 48.0 Å². The quantitative estimate of drug-likeness (QED) is 0.337. The Bertz CT molecular complexity index is 1410. The summed E-state index contributed by atoms with van der Waals surface area (Å²) in [5, 5.41) is 9.85. The Morgan fingerprint density at radius 3 is 2.57 bits per heavy atom. The first-order valence-corrected chi connectivity index (χ1v) is 11.0. The Labute approximate surface area is 201 Å². The fraction of sp³-hybridized carbons (Fsp3) is 0.240. The topological polar surface area (TPSA) is 150 Å². The molecule has 4 rings (SSSR count). The first kappa shape index (κ1) is 23.7. The number of fused-ring (bicyclic) bond motifs is 1. The molecule has 5 N–H and O–H groups in total. The Morgan fingerprint density at radius 1 is 1.14 bits per heavy atom. The van der Waals surface area contributed by atoms with Gasteiger partial charge in [0, 0.05) is 41.8 Å². The van der Waals surface area contributed by atoms with E-state index in [-0.39, 0.29) is 28.4 Å². The second-order valence-corrected chi connectivity index (χ2v) is 9.51. The Hall–Kier alpha value is -4.47. The third-order valence-electron chi connectivity index (χ3n) is 5.49. The molecule has 0 bridgehead atoms. The predicted octanol–water partition coefficient (Wildman–Crippen LogP) is 3.70. The summed E-state index contributed by atoms with van der Waals surface area (Å²) in [5.41, 5.74) is 8.32. The number of nitrogens with one attached hydrogen (secondary N) is 3. The zero-order valence-corrected chi connectivity index (χ0v) is 20.0. The maximum Gasteiger partial charge on any atom is 0.275 e. The Morgan fingerprint density at radius 2 is 1.91 bits per heavy atom. The van der Waals surface area contributed by atoms with Crippen LogP contribution in [0.4, 0.5) is 11.5 Å². The second-order valence-electron chi connectivity index (χ2n) is 9.51. The van der Waals surface area contributed by atoms with Gasteiger partial charge in [0.1, 0.15) is 11.5 Å². The number of H-pyrrole nitrogens is 2. The zero-order chi connectivity index (χ0) is 25.3. The molecular formula is C25H27N7O3. The normalized spacial score (nSPS) is 11.4. The van der Waals surface area contributed by atoms with E-state index in [1.54, 1.807) is 60.7 Å². The third kappa shape index (κ3) is 5.06. The highest BCUT2D eigenvalue weighted by Gasteiger charge is 2.23. The molecule has 3 amide bonds. The third-order valence-corrected chi connectivity index (χ3v) is 5.49. The van der Waals surface area contributed by atoms with Gasteiger partial charge in [-0.2, -0.15) is 5.10 Å². The molecule has 35 heavy (non-hydrogen) atoms. The molecule has 10 heteroatoms. The van der Waals surface area contributed by atoms with Crippen LogP contribution < -0.4 is 16.0 Å². The molecule has 0 aliphatic rings. The van der Waals surface area contributed by atoms with Gasteiger partial charge in [-0.15, -0.1) is 0 Å². The fourth-order valence-corrected chi connectivity index (χ4v) is 3.75. The van der Waals surface area contributed by atoms with Gasteiger partial charge in [-0.25, -0.2) is 4.98 Å². The van der Waals surface area contributed by atoms with Crippen molar-refractivity contribution in [3.8, 4) is 11.3 Å². The average molecular weight is 474 g/mol. The summed E-state index contributed by atoms with van der Waals surface area (Å²) in [4.78, 5) is 46.9. The van der Waals surface area contributed by atoms with E-state index in [0.29, 0.717) is 28.7 Å². The van der Waals surface area contributed by atoms with Gasteiger partial charge in [-0.05, 0) is 35.7 Å². The van der Waals surface area contributed by atoms with Crippen LogP contribution in [-0.4, -0.2) is 44.9 Å². The molecule has 10 nitrogen and oxygen atoms in total. The molecule has 0 saturated carbocycles. The summed E-state index contributed by atoms with van der Waals surface area (Å²) in [5.74, 6) is -1.08. The molecule has 4 aromatic rings. The maximum absolute atomic E-state index is 13.0. The fourth-order valence-electron chi connectivity index (χ4n) is 3.75. The van der Waals surface area contributed by atoms with Crippen molar-refractivity contribution in [3.63, 3.8) is 0 Å². The smallest absolute Gasteiger partial charge is 0.275 e. The van der Waals surface area contributed by atoms with E-state index in [2.05, 4.69) is 25.5 Å². The summed E-state index contributed by atoms with van der Waals surface area (Å²) in [6.45, 7) is 6.00. The molecule has 0 saturated heterocycles. The molecule has 0 unspecified atom stereocenters. The SMILES string of the molecule is CN(C(=O)CC(C)(C)C)c1ccc2c(C(N)=O)c(NC(=O)c3cccc(-c4cn[nH]c4)n3)[nH]c2c1. The first-order valence-electron chi connectivity index (χ1n) is 11.0. The van der Waals surface area contributed by atoms with Crippen LogP contribution in [0.5, 0.6) is 0 Å². The number of aromatic amines is 2. The van der Waals surface area contributed by atoms with Gasteiger partial charge < -0.3 is 20.9 Å². The minimum atomic E-state index is -0.698. The van der Waals surface area contributed by atoms with Crippen molar-refractivity contribution in [1.29, 1.82) is 0 Å². The molecule has 0 aliphatic carbocycles. The lowest BCUT2D eigenvalue weighted by molar-refractivity contribution is -0.120. The van der Waals surface area contributed by atoms with Crippen LogP contribution in [0.15, 0.2) is 48.8 Å². The number of nitrogens with two attached hydrogens (primary N) is 1. The summed E-state index contributed by atoms with van der Waals surface area (Å²) < 4.78 is 0. The highest BCUT2D eigenvalue weighted by molar-refractivity contribution is 6.15. The number of hydrogen-bond donors (Lipinski definition) is 4. The number of amides is 3. The standard InChI is InChI=1S/C25H27N7O3/c1-25(2,3)11-20(33)32(4)15-8-9-16-19(10-15)30-23(21(16)22(26)34)31-24(35)18-7-5-6-17(29-18)14-12-27-28-13-14/h5-10,12-13,30H,11H2,1-4H3,(H2,26,34)(H,27,28)(H,31,35). The number of benzene rings is 1. The van der Waals surface area contributed by atoms with Crippen molar-refractivity contribution in [2.75, 3.05) is 17.3 Å². The molecule has 0 aliphatic heterocycles. The van der Waals surface area contributed by atoms with E-state index in [1.807, 2.05) is 20.8 Å². The van der Waals surface area contributed by atoms with Crippen molar-refractivity contribution in [1.82, 2.24) is 20.2 Å². The van der Waals surface area contributed by atoms with Crippen LogP contribution in [-0.2, 0) is 4.79 Å². The van der Waals surface area contributed by atoms with Gasteiger partial charge in [-0.3, -0.25) is 19.5 Å². The second kappa shape index (κ2) is 9.05. The maximum atomic E-state index is 13.0. The number of nitrogens with zero attached hydrogens (tertiary/aromatic N) is 3. The Kier molecular flexibility index (Phi) is 6.12. The zero-order valence-electron chi connectivity index (χ0n) is 20.0. The van der Waals surface area contributed by atoms with E-state index in [1.165, 1.54) is 0 Å². The summed E-state index contributed by atoms with van der Waals surface area (Å²) in [6, 6.07) is 10.2. The minimum absolute atomic E-state index is 0.0318. The lowest BCUT2D eigenvalue weighted by Gasteiger charge is -2.23. The number of hydrogen-bond acceptors (Lipinski definition) is 5. The van der Waals surface area contributed by atoms with E-state index in [4.69, 9.17) is 5.73 Å². The number of anilines is 2. The first-order chi connectivity index (χ1) is 16.5. The van der Waals surface area contributed by atoms with Crippen LogP contribution in [0.3, 0.4) is 0 Å². The molecule has 0 spiro atoms. The number of carbonyl (C=O) groups excluding carboxylic acids is 3. The summed E-state index contributed by atoms with van der Waals surface area (Å²) >= 11 is 0. The lowest BCUT2D eigenvalue weighted by Crippen LogP contribution is -2.29. The molecule has 0 fully saturated rings. The van der Waals surface area contributed by atoms with Crippen molar-refractivity contribution in [2.45, 2.75) is 27.2 Å². The van der Waals surface area contributed by atoms with Gasteiger partial charge in [0.05, 0.1) is 17.5 Å². The van der Waals surface area contributed by atoms with Crippen LogP contribution in [0.25, 0.3) is 22.2 Å². The molecule has 1 aromatic carbocycles. The molecule has 180 valence electrons. The van der Waals surface area contributed by atoms with Gasteiger partial charge >= 0.3 is 0 Å². The largest absolute Gasteiger partial charge is 0.365 e. The van der Waals surface area contributed by atoms with Gasteiger partial charge in [0.25, 0.3) is 11.8 Å². The van der Waals surface area contributed by atoms with Gasteiger partial charge in [-0.1, -0.05) is 26.8 Å². The summed E-state index contributed by atoms with van der Waals surface area (Å²) in [6.07, 6.45) is 3.66. The number of aromatic nitrogens is 4. The van der Waals surface area contributed by atoms with E-state index in [0.717, 1.165) is 5.56 Å². The van der Waals surface area contributed by atoms with Crippen molar-refractivity contribution in [2.24, 2.45) is 11.1 Å². The predicted molar refractivity (Wildman–Crippen MR) is 134 cm³/mol. The number of pyridine rings is 1. The monoisotopic (exact) mass is 473 g/mol. The number of carbonyl (C=O) groups is 3. The van der Waals surface area contributed by atoms with E-state index in [9.17, 15) is 14.4 Å². The molecule has 0 atom stereocenters. The molecule has 3 aromatic heterocycles. The van der Waals surface area contributed by atoms with Crippen molar-refractivity contribution < 1.29 is 14.4 Å². The molecule has 0 radical (unpaired) electrons. The lowest BCUT2D eigenvalue weighted by atomic mass is 9.91. The minimum Gasteiger partial charge on any atom is -0.365 e. The van der Waals surface area contributed by atoms with E-state index >= 15 is 0 Å². The Balaban J connectivity index is 1.64. The number of primary amides is 1. The van der Waals surface area contributed by atoms with Gasteiger partial charge in [0.2, 0.25) is 5.91 Å². The average Bonchev–Trinajstić information content (AvgIpc) is 3.45. The van der Waals surface area contributed by atoms with E-state index < -0.39 is 11.8 Å². The summed E-state index contributed by atoms with van der Waals surface area (Å²) in [7, 11) is 1.70. The number of rotatable bonds is 6. The van der Waals surface area contributed by atoms with Crippen LogP contribution in [0, 0.1) is 5.41 Å². The highest BCUT2D eigenvalue weighted by Crippen LogP contribution is 2.30. The van der Waals surface area contributed by atoms with Gasteiger partial charge in [0.15, 0.2) is 0 Å². The van der Waals surface area contributed by atoms with Crippen molar-refractivity contribution in [3.05, 3.63) is 60.0 Å².